The predicted octanol–water partition coefficient (Wildman–Crippen LogP) is 3.28. The fourth-order valence-electron chi connectivity index (χ4n) is 4.71. The molecule has 2 aromatic rings. The van der Waals surface area contributed by atoms with Crippen molar-refractivity contribution in [1.82, 2.24) is 4.90 Å². The van der Waals surface area contributed by atoms with Gasteiger partial charge in [0.05, 0.1) is 12.2 Å². The molecule has 4 rings (SSSR count). The van der Waals surface area contributed by atoms with E-state index in [0.717, 1.165) is 43.6 Å². The lowest BCUT2D eigenvalue weighted by Gasteiger charge is -2.39. The molecule has 0 spiro atoms. The van der Waals surface area contributed by atoms with Crippen LogP contribution in [0.25, 0.3) is 0 Å². The second-order valence-electron chi connectivity index (χ2n) is 8.06. The quantitative estimate of drug-likeness (QED) is 0.869. The highest BCUT2D eigenvalue weighted by Gasteiger charge is 2.34. The molecule has 0 amide bonds. The largest absolute Gasteiger partial charge is 0.392 e. The molecule has 3 nitrogen and oxygen atoms in total. The van der Waals surface area contributed by atoms with Crippen LogP contribution in [-0.4, -0.2) is 40.3 Å². The molecule has 2 N–H and O–H groups in total. The van der Waals surface area contributed by atoms with Crippen molar-refractivity contribution in [3.8, 4) is 0 Å². The first-order valence-corrected chi connectivity index (χ1v) is 9.87. The van der Waals surface area contributed by atoms with Gasteiger partial charge in [-0.1, -0.05) is 48.5 Å². The number of fused-ring (bicyclic) bond motifs is 1. The molecule has 3 heteroatoms. The molecule has 138 valence electrons. The summed E-state index contributed by atoms with van der Waals surface area (Å²) in [6, 6.07) is 16.8. The Morgan fingerprint density at radius 2 is 1.65 bits per heavy atom. The summed E-state index contributed by atoms with van der Waals surface area (Å²) in [6.07, 6.45) is 4.71. The summed E-state index contributed by atoms with van der Waals surface area (Å²) in [5.74, 6) is 0.646. The van der Waals surface area contributed by atoms with E-state index in [1.54, 1.807) is 0 Å². The first kappa shape index (κ1) is 17.7. The van der Waals surface area contributed by atoms with Gasteiger partial charge in [-0.3, -0.25) is 0 Å². The zero-order valence-corrected chi connectivity index (χ0v) is 15.4. The van der Waals surface area contributed by atoms with Crippen LogP contribution in [0.4, 0.5) is 0 Å². The molecule has 0 radical (unpaired) electrons. The third-order valence-electron chi connectivity index (χ3n) is 6.33. The Morgan fingerprint density at radius 3 is 2.42 bits per heavy atom. The second-order valence-corrected chi connectivity index (χ2v) is 8.06. The van der Waals surface area contributed by atoms with Crippen molar-refractivity contribution in [3.63, 3.8) is 0 Å². The van der Waals surface area contributed by atoms with Crippen molar-refractivity contribution in [2.24, 2.45) is 0 Å². The first-order valence-electron chi connectivity index (χ1n) is 9.87. The van der Waals surface area contributed by atoms with Gasteiger partial charge in [-0.05, 0) is 53.9 Å². The fraction of sp³-hybridized carbons (Fsp3) is 0.478. The number of aryl methyl sites for hydroxylation is 1. The smallest absolute Gasteiger partial charge is 0.0712 e. The molecule has 0 aromatic heterocycles. The zero-order chi connectivity index (χ0) is 18.0. The monoisotopic (exact) mass is 351 g/mol. The third kappa shape index (κ3) is 3.71. The van der Waals surface area contributed by atoms with Gasteiger partial charge in [0, 0.05) is 26.1 Å². The summed E-state index contributed by atoms with van der Waals surface area (Å²) >= 11 is 0. The van der Waals surface area contributed by atoms with E-state index in [9.17, 15) is 10.2 Å². The molecule has 1 saturated heterocycles. The van der Waals surface area contributed by atoms with Crippen molar-refractivity contribution in [3.05, 3.63) is 70.8 Å². The van der Waals surface area contributed by atoms with Crippen LogP contribution in [0, 0.1) is 0 Å². The van der Waals surface area contributed by atoms with Crippen molar-refractivity contribution in [1.29, 1.82) is 0 Å². The van der Waals surface area contributed by atoms with E-state index >= 15 is 0 Å². The van der Waals surface area contributed by atoms with E-state index in [0.29, 0.717) is 12.3 Å². The zero-order valence-electron chi connectivity index (χ0n) is 15.4. The van der Waals surface area contributed by atoms with Gasteiger partial charge in [0.1, 0.15) is 0 Å². The highest BCUT2D eigenvalue weighted by atomic mass is 16.3. The normalized spacial score (nSPS) is 22.3. The van der Waals surface area contributed by atoms with E-state index in [4.69, 9.17) is 0 Å². The molecule has 2 aliphatic rings. The minimum Gasteiger partial charge on any atom is -0.392 e. The minimum absolute atomic E-state index is 0.0411. The number of nitrogens with zero attached hydrogens (tertiary/aromatic N) is 1. The van der Waals surface area contributed by atoms with Crippen LogP contribution in [-0.2, 0) is 19.4 Å². The molecular formula is C23H29NO2. The number of hydrogen-bond donors (Lipinski definition) is 2. The molecule has 1 unspecified atom stereocenters. The SMILES string of the molecule is OCc1ccccc1CC1(O)CCN(CC2CCc3ccccc32)CC1. The van der Waals surface area contributed by atoms with Crippen molar-refractivity contribution >= 4 is 0 Å². The molecule has 1 atom stereocenters. The topological polar surface area (TPSA) is 43.7 Å². The maximum absolute atomic E-state index is 11.1. The van der Waals surface area contributed by atoms with Crippen molar-refractivity contribution in [2.75, 3.05) is 19.6 Å². The van der Waals surface area contributed by atoms with Crippen molar-refractivity contribution < 1.29 is 10.2 Å². The molecule has 0 bridgehead atoms. The minimum atomic E-state index is -0.643. The Balaban J connectivity index is 1.35. The maximum atomic E-state index is 11.1. The lowest BCUT2D eigenvalue weighted by molar-refractivity contribution is -0.0219. The summed E-state index contributed by atoms with van der Waals surface area (Å²) in [6.45, 7) is 3.06. The Morgan fingerprint density at radius 1 is 0.962 bits per heavy atom. The number of aliphatic hydroxyl groups excluding tert-OH is 1. The van der Waals surface area contributed by atoms with Crippen LogP contribution in [0.1, 0.15) is 47.4 Å². The summed E-state index contributed by atoms with van der Waals surface area (Å²) in [5.41, 5.74) is 4.42. The molecule has 0 saturated carbocycles. The number of rotatable bonds is 5. The predicted molar refractivity (Wildman–Crippen MR) is 104 cm³/mol. The number of likely N-dealkylation sites (tertiary alicyclic amines) is 1. The number of benzene rings is 2. The maximum Gasteiger partial charge on any atom is 0.0712 e. The van der Waals surface area contributed by atoms with Crippen LogP contribution >= 0.6 is 0 Å². The third-order valence-corrected chi connectivity index (χ3v) is 6.33. The molecule has 2 aromatic carbocycles. The molecule has 1 aliphatic carbocycles. The summed E-state index contributed by atoms with van der Waals surface area (Å²) < 4.78 is 0. The highest BCUT2D eigenvalue weighted by Crippen LogP contribution is 2.35. The van der Waals surface area contributed by atoms with Gasteiger partial charge in [0.15, 0.2) is 0 Å². The van der Waals surface area contributed by atoms with Crippen LogP contribution in [0.5, 0.6) is 0 Å². The Labute approximate surface area is 156 Å². The van der Waals surface area contributed by atoms with Crippen molar-refractivity contribution in [2.45, 2.75) is 50.2 Å². The van der Waals surface area contributed by atoms with Gasteiger partial charge in [-0.2, -0.15) is 0 Å². The van der Waals surface area contributed by atoms with E-state index in [1.165, 1.54) is 24.0 Å². The molecule has 1 heterocycles. The van der Waals surface area contributed by atoms with Crippen LogP contribution in [0.2, 0.25) is 0 Å². The number of piperidine rings is 1. The average Bonchev–Trinajstić information content (AvgIpc) is 3.07. The molecule has 1 fully saturated rings. The average molecular weight is 351 g/mol. The number of aliphatic hydroxyl groups is 2. The van der Waals surface area contributed by atoms with E-state index < -0.39 is 5.60 Å². The summed E-state index contributed by atoms with van der Waals surface area (Å²) in [5, 5.41) is 20.6. The highest BCUT2D eigenvalue weighted by molar-refractivity contribution is 5.35. The van der Waals surface area contributed by atoms with Gasteiger partial charge < -0.3 is 15.1 Å². The Bertz CT molecular complexity index is 749. The van der Waals surface area contributed by atoms with Gasteiger partial charge in [-0.15, -0.1) is 0 Å². The van der Waals surface area contributed by atoms with E-state index in [-0.39, 0.29) is 6.61 Å². The van der Waals surface area contributed by atoms with Gasteiger partial charge in [0.2, 0.25) is 0 Å². The molecule has 1 aliphatic heterocycles. The number of hydrogen-bond acceptors (Lipinski definition) is 3. The second kappa shape index (κ2) is 7.51. The Hall–Kier alpha value is -1.68. The fourth-order valence-corrected chi connectivity index (χ4v) is 4.71. The first-order chi connectivity index (χ1) is 12.7. The van der Waals surface area contributed by atoms with Crippen LogP contribution in [0.3, 0.4) is 0 Å². The van der Waals surface area contributed by atoms with Crippen LogP contribution in [0.15, 0.2) is 48.5 Å². The van der Waals surface area contributed by atoms with Gasteiger partial charge in [0.25, 0.3) is 0 Å². The standard InChI is InChI=1S/C23H29NO2/c25-17-21-7-2-1-6-19(21)15-23(26)11-13-24(14-12-23)16-20-10-9-18-5-3-4-8-22(18)20/h1-8,20,25-26H,9-17H2. The lowest BCUT2D eigenvalue weighted by atomic mass is 9.83. The Kier molecular flexibility index (Phi) is 5.12. The summed E-state index contributed by atoms with van der Waals surface area (Å²) in [7, 11) is 0. The lowest BCUT2D eigenvalue weighted by Crippen LogP contribution is -2.46. The van der Waals surface area contributed by atoms with Crippen LogP contribution < -0.4 is 0 Å². The summed E-state index contributed by atoms with van der Waals surface area (Å²) in [4.78, 5) is 2.53. The van der Waals surface area contributed by atoms with E-state index in [1.807, 2.05) is 24.3 Å². The molecule has 26 heavy (non-hydrogen) atoms. The molecular weight excluding hydrogens is 322 g/mol. The van der Waals surface area contributed by atoms with Gasteiger partial charge >= 0.3 is 0 Å². The van der Waals surface area contributed by atoms with E-state index in [2.05, 4.69) is 29.2 Å². The van der Waals surface area contributed by atoms with Gasteiger partial charge in [-0.25, -0.2) is 0 Å².